The van der Waals surface area contributed by atoms with Crippen LogP contribution >= 0.6 is 0 Å². The van der Waals surface area contributed by atoms with Crippen molar-refractivity contribution in [3.05, 3.63) is 45.5 Å². The molecule has 6 heteroatoms. The molecule has 25 heavy (non-hydrogen) atoms. The fourth-order valence-corrected chi connectivity index (χ4v) is 2.96. The highest BCUT2D eigenvalue weighted by Gasteiger charge is 2.15. The monoisotopic (exact) mass is 343 g/mol. The third-order valence-electron chi connectivity index (χ3n) is 4.43. The van der Waals surface area contributed by atoms with Crippen LogP contribution in [-0.2, 0) is 11.2 Å². The van der Waals surface area contributed by atoms with Crippen LogP contribution in [0.2, 0.25) is 0 Å². The van der Waals surface area contributed by atoms with Gasteiger partial charge in [-0.1, -0.05) is 0 Å². The molecule has 0 spiro atoms. The van der Waals surface area contributed by atoms with Crippen molar-refractivity contribution < 1.29 is 18.7 Å². The Morgan fingerprint density at radius 2 is 2.00 bits per heavy atom. The predicted molar refractivity (Wildman–Crippen MR) is 94.8 cm³/mol. The topological polar surface area (TPSA) is 92.7 Å². The minimum atomic E-state index is -0.421. The molecule has 0 unspecified atom stereocenters. The molecular formula is C19H21NO5. The largest absolute Gasteiger partial charge is 0.464 e. The minimum absolute atomic E-state index is 0.0373. The van der Waals surface area contributed by atoms with Crippen LogP contribution in [0.4, 0.5) is 0 Å². The highest BCUT2D eigenvalue weighted by Crippen LogP contribution is 2.28. The lowest BCUT2D eigenvalue weighted by Crippen LogP contribution is -2.26. The average Bonchev–Trinajstić information content (AvgIpc) is 2.94. The van der Waals surface area contributed by atoms with Gasteiger partial charge in [0.05, 0.1) is 6.26 Å². The van der Waals surface area contributed by atoms with Crippen LogP contribution in [0.5, 0.6) is 0 Å². The number of rotatable bonds is 6. The van der Waals surface area contributed by atoms with E-state index in [1.807, 2.05) is 19.9 Å². The van der Waals surface area contributed by atoms with Gasteiger partial charge < -0.3 is 19.3 Å². The molecule has 3 rings (SSSR count). The molecule has 2 aromatic heterocycles. The summed E-state index contributed by atoms with van der Waals surface area (Å²) in [5, 5.41) is 13.3. The summed E-state index contributed by atoms with van der Waals surface area (Å²) in [4.78, 5) is 24.1. The Hall–Kier alpha value is -2.60. The first-order valence-corrected chi connectivity index (χ1v) is 8.33. The van der Waals surface area contributed by atoms with Gasteiger partial charge in [-0.25, -0.2) is 4.79 Å². The van der Waals surface area contributed by atoms with Crippen LogP contribution < -0.4 is 10.9 Å². The lowest BCUT2D eigenvalue weighted by molar-refractivity contribution is -0.121. The van der Waals surface area contributed by atoms with Gasteiger partial charge in [-0.2, -0.15) is 0 Å². The van der Waals surface area contributed by atoms with E-state index in [4.69, 9.17) is 13.9 Å². The summed E-state index contributed by atoms with van der Waals surface area (Å²) in [5.41, 5.74) is 3.12. The van der Waals surface area contributed by atoms with E-state index >= 15 is 0 Å². The van der Waals surface area contributed by atoms with Crippen LogP contribution in [0.3, 0.4) is 0 Å². The van der Waals surface area contributed by atoms with E-state index in [-0.39, 0.29) is 18.9 Å². The van der Waals surface area contributed by atoms with E-state index in [9.17, 15) is 9.59 Å². The van der Waals surface area contributed by atoms with E-state index in [1.165, 1.54) is 0 Å². The first-order chi connectivity index (χ1) is 12.0. The van der Waals surface area contributed by atoms with Crippen molar-refractivity contribution in [1.29, 1.82) is 0 Å². The van der Waals surface area contributed by atoms with Crippen LogP contribution in [0.25, 0.3) is 21.9 Å². The fourth-order valence-electron chi connectivity index (χ4n) is 2.96. The van der Waals surface area contributed by atoms with Gasteiger partial charge >= 0.3 is 5.63 Å². The van der Waals surface area contributed by atoms with E-state index in [0.29, 0.717) is 36.1 Å². The van der Waals surface area contributed by atoms with Crippen LogP contribution in [-0.4, -0.2) is 24.2 Å². The zero-order chi connectivity index (χ0) is 18.0. The molecule has 0 bridgehead atoms. The third-order valence-corrected chi connectivity index (χ3v) is 4.43. The number of fused-ring (bicyclic) bond motifs is 2. The molecule has 132 valence electrons. The molecule has 0 saturated heterocycles. The molecule has 1 aromatic carbocycles. The fraction of sp³-hybridized carbons (Fsp3) is 0.368. The molecule has 0 aliphatic rings. The van der Waals surface area contributed by atoms with Crippen molar-refractivity contribution in [3.8, 4) is 0 Å². The Morgan fingerprint density at radius 1 is 1.20 bits per heavy atom. The number of nitrogens with one attached hydrogen (secondary N) is 1. The standard InChI is InChI=1S/C19H21NO5/c1-11-10-24-16-9-17-15(8-14(11)16)12(2)13(19(23)25-17)4-5-18(22)20-6-3-7-21/h8-10,21H,3-7H2,1-2H3,(H,20,22). The van der Waals surface area contributed by atoms with Gasteiger partial charge in [-0.3, -0.25) is 4.79 Å². The lowest BCUT2D eigenvalue weighted by atomic mass is 10.0. The first-order valence-electron chi connectivity index (χ1n) is 8.33. The molecule has 0 saturated carbocycles. The summed E-state index contributed by atoms with van der Waals surface area (Å²) < 4.78 is 10.9. The molecule has 0 radical (unpaired) electrons. The third kappa shape index (κ3) is 3.44. The second-order valence-electron chi connectivity index (χ2n) is 6.18. The van der Waals surface area contributed by atoms with Crippen LogP contribution in [0, 0.1) is 13.8 Å². The number of amides is 1. The molecule has 1 amide bonds. The van der Waals surface area contributed by atoms with E-state index in [2.05, 4.69) is 5.32 Å². The maximum Gasteiger partial charge on any atom is 0.339 e. The number of furan rings is 1. The SMILES string of the molecule is Cc1coc2cc3oc(=O)c(CCC(=O)NCCCO)c(C)c3cc12. The molecule has 2 heterocycles. The van der Waals surface area contributed by atoms with Crippen molar-refractivity contribution in [2.24, 2.45) is 0 Å². The second kappa shape index (κ2) is 7.11. The molecule has 0 atom stereocenters. The van der Waals surface area contributed by atoms with Gasteiger partial charge in [-0.15, -0.1) is 0 Å². The number of benzene rings is 1. The Balaban J connectivity index is 1.90. The van der Waals surface area contributed by atoms with Crippen molar-refractivity contribution in [2.45, 2.75) is 33.1 Å². The van der Waals surface area contributed by atoms with Crippen LogP contribution in [0.1, 0.15) is 29.5 Å². The van der Waals surface area contributed by atoms with Crippen molar-refractivity contribution >= 4 is 27.8 Å². The van der Waals surface area contributed by atoms with Crippen LogP contribution in [0.15, 0.2) is 32.0 Å². The van der Waals surface area contributed by atoms with Gasteiger partial charge in [0, 0.05) is 42.0 Å². The molecule has 2 N–H and O–H groups in total. The highest BCUT2D eigenvalue weighted by molar-refractivity contribution is 5.96. The van der Waals surface area contributed by atoms with Gasteiger partial charge in [0.1, 0.15) is 11.2 Å². The number of carbonyl (C=O) groups excluding carboxylic acids is 1. The smallest absolute Gasteiger partial charge is 0.339 e. The zero-order valence-corrected chi connectivity index (χ0v) is 14.3. The van der Waals surface area contributed by atoms with E-state index in [0.717, 1.165) is 21.9 Å². The molecule has 3 aromatic rings. The zero-order valence-electron chi connectivity index (χ0n) is 14.3. The summed E-state index contributed by atoms with van der Waals surface area (Å²) >= 11 is 0. The summed E-state index contributed by atoms with van der Waals surface area (Å²) in [6.45, 7) is 4.30. The quantitative estimate of drug-likeness (QED) is 0.530. The number of aliphatic hydroxyl groups is 1. The van der Waals surface area contributed by atoms with Gasteiger partial charge in [-0.05, 0) is 43.9 Å². The second-order valence-corrected chi connectivity index (χ2v) is 6.18. The molecule has 0 fully saturated rings. The Labute approximate surface area is 144 Å². The predicted octanol–water partition coefficient (Wildman–Crippen LogP) is 2.59. The number of aliphatic hydroxyl groups excluding tert-OH is 1. The maximum atomic E-state index is 12.3. The average molecular weight is 343 g/mol. The minimum Gasteiger partial charge on any atom is -0.464 e. The van der Waals surface area contributed by atoms with E-state index < -0.39 is 5.63 Å². The maximum absolute atomic E-state index is 12.3. The van der Waals surface area contributed by atoms with Crippen molar-refractivity contribution in [1.82, 2.24) is 5.32 Å². The summed E-state index contributed by atoms with van der Waals surface area (Å²) in [6, 6.07) is 3.70. The highest BCUT2D eigenvalue weighted by atomic mass is 16.4. The molecular weight excluding hydrogens is 322 g/mol. The molecule has 6 nitrogen and oxygen atoms in total. The summed E-state index contributed by atoms with van der Waals surface area (Å²) in [5.74, 6) is -0.145. The number of aryl methyl sites for hydroxylation is 2. The van der Waals surface area contributed by atoms with E-state index in [1.54, 1.807) is 12.3 Å². The van der Waals surface area contributed by atoms with Crippen molar-refractivity contribution in [3.63, 3.8) is 0 Å². The Bertz CT molecular complexity index is 983. The Kier molecular flexibility index (Phi) is 4.90. The molecule has 0 aliphatic carbocycles. The van der Waals surface area contributed by atoms with Gasteiger partial charge in [0.2, 0.25) is 5.91 Å². The lowest BCUT2D eigenvalue weighted by Gasteiger charge is -2.08. The van der Waals surface area contributed by atoms with Gasteiger partial charge in [0.15, 0.2) is 0 Å². The van der Waals surface area contributed by atoms with Gasteiger partial charge in [0.25, 0.3) is 0 Å². The summed E-state index contributed by atoms with van der Waals surface area (Å²) in [6.07, 6.45) is 2.71. The Morgan fingerprint density at radius 3 is 2.76 bits per heavy atom. The summed E-state index contributed by atoms with van der Waals surface area (Å²) in [7, 11) is 0. The number of hydrogen-bond donors (Lipinski definition) is 2. The first kappa shape index (κ1) is 17.2. The number of hydrogen-bond acceptors (Lipinski definition) is 5. The van der Waals surface area contributed by atoms with Crippen molar-refractivity contribution in [2.75, 3.05) is 13.2 Å². The molecule has 0 aliphatic heterocycles. The number of carbonyl (C=O) groups is 1. The normalized spacial score (nSPS) is 11.3.